The number of hydrogen-bond donors (Lipinski definition) is 1. The van der Waals surface area contributed by atoms with E-state index in [0.717, 1.165) is 30.8 Å². The van der Waals surface area contributed by atoms with Crippen molar-refractivity contribution in [2.24, 2.45) is 17.8 Å². The Morgan fingerprint density at radius 3 is 2.80 bits per heavy atom. The van der Waals surface area contributed by atoms with Crippen LogP contribution in [-0.4, -0.2) is 60.3 Å². The summed E-state index contributed by atoms with van der Waals surface area (Å²) in [7, 11) is 2.30. The molecule has 3 aliphatic rings. The van der Waals surface area contributed by atoms with Gasteiger partial charge in [-0.3, -0.25) is 0 Å². The smallest absolute Gasteiger partial charge is 0.0580 e. The average molecular weight is 280 g/mol. The van der Waals surface area contributed by atoms with E-state index >= 15 is 0 Å². The molecule has 1 saturated carbocycles. The Balaban J connectivity index is 1.54. The summed E-state index contributed by atoms with van der Waals surface area (Å²) in [5.41, 5.74) is 0. The Morgan fingerprint density at radius 1 is 1.10 bits per heavy atom. The van der Waals surface area contributed by atoms with Gasteiger partial charge in [0.1, 0.15) is 0 Å². The number of aliphatic hydroxyl groups excluding tert-OH is 1. The van der Waals surface area contributed by atoms with E-state index in [1.165, 1.54) is 51.7 Å². The Labute approximate surface area is 124 Å². The Kier molecular flexibility index (Phi) is 4.68. The average Bonchev–Trinajstić information content (AvgIpc) is 2.43. The van der Waals surface area contributed by atoms with E-state index < -0.39 is 0 Å². The molecule has 2 saturated heterocycles. The maximum absolute atomic E-state index is 10.3. The second-order valence-electron chi connectivity index (χ2n) is 7.74. The molecule has 0 aromatic carbocycles. The summed E-state index contributed by atoms with van der Waals surface area (Å²) in [6.45, 7) is 7.29. The number of fused-ring (bicyclic) bond motifs is 1. The van der Waals surface area contributed by atoms with E-state index in [4.69, 9.17) is 0 Å². The number of nitrogens with zero attached hydrogens (tertiary/aromatic N) is 2. The highest BCUT2D eigenvalue weighted by Gasteiger charge is 2.36. The zero-order valence-corrected chi connectivity index (χ0v) is 13.3. The Bertz CT molecular complexity index is 322. The fourth-order valence-electron chi connectivity index (χ4n) is 4.90. The molecule has 1 aliphatic carbocycles. The van der Waals surface area contributed by atoms with Crippen molar-refractivity contribution in [3.05, 3.63) is 0 Å². The highest BCUT2D eigenvalue weighted by molar-refractivity contribution is 4.90. The Morgan fingerprint density at radius 2 is 1.95 bits per heavy atom. The molecular weight excluding hydrogens is 248 g/mol. The van der Waals surface area contributed by atoms with Gasteiger partial charge < -0.3 is 14.9 Å². The van der Waals surface area contributed by atoms with E-state index in [1.807, 2.05) is 0 Å². The summed E-state index contributed by atoms with van der Waals surface area (Å²) in [5.74, 6) is 2.21. The maximum atomic E-state index is 10.3. The Hall–Kier alpha value is -0.120. The van der Waals surface area contributed by atoms with Crippen molar-refractivity contribution in [3.63, 3.8) is 0 Å². The van der Waals surface area contributed by atoms with Crippen LogP contribution < -0.4 is 0 Å². The SMILES string of the molecule is CC1CCC(O)C(CN2CCC3C(CCCN3C)C2)C1. The first kappa shape index (κ1) is 14.8. The lowest BCUT2D eigenvalue weighted by atomic mass is 9.79. The first-order chi connectivity index (χ1) is 9.63. The van der Waals surface area contributed by atoms with Gasteiger partial charge in [0.2, 0.25) is 0 Å². The van der Waals surface area contributed by atoms with Crippen molar-refractivity contribution in [3.8, 4) is 0 Å². The van der Waals surface area contributed by atoms with E-state index in [-0.39, 0.29) is 6.10 Å². The van der Waals surface area contributed by atoms with Gasteiger partial charge in [0.25, 0.3) is 0 Å². The third-order valence-corrected chi connectivity index (χ3v) is 6.13. The lowest BCUT2D eigenvalue weighted by Gasteiger charge is -2.47. The number of likely N-dealkylation sites (tertiary alicyclic amines) is 2. The predicted octanol–water partition coefficient (Wildman–Crippen LogP) is 2.20. The highest BCUT2D eigenvalue weighted by atomic mass is 16.3. The van der Waals surface area contributed by atoms with Crippen LogP contribution >= 0.6 is 0 Å². The van der Waals surface area contributed by atoms with Gasteiger partial charge in [0.05, 0.1) is 6.10 Å². The standard InChI is InChI=1S/C17H32N2O/c1-13-5-6-17(20)15(10-13)12-19-9-7-16-14(11-19)4-3-8-18(16)2/h13-17,20H,3-12H2,1-2H3. The molecule has 5 unspecified atom stereocenters. The minimum Gasteiger partial charge on any atom is -0.393 e. The van der Waals surface area contributed by atoms with Crippen LogP contribution in [0.4, 0.5) is 0 Å². The normalized spacial score (nSPS) is 44.2. The summed E-state index contributed by atoms with van der Waals surface area (Å²) in [5, 5.41) is 10.3. The second kappa shape index (κ2) is 6.33. The number of rotatable bonds is 2. The fourth-order valence-corrected chi connectivity index (χ4v) is 4.90. The van der Waals surface area contributed by atoms with Crippen molar-refractivity contribution in [1.82, 2.24) is 9.80 Å². The summed E-state index contributed by atoms with van der Waals surface area (Å²) >= 11 is 0. The third-order valence-electron chi connectivity index (χ3n) is 6.13. The molecule has 0 radical (unpaired) electrons. The quantitative estimate of drug-likeness (QED) is 0.840. The van der Waals surface area contributed by atoms with Crippen molar-refractivity contribution < 1.29 is 5.11 Å². The van der Waals surface area contributed by atoms with Crippen molar-refractivity contribution in [2.75, 3.05) is 33.2 Å². The topological polar surface area (TPSA) is 26.7 Å². The molecule has 0 spiro atoms. The zero-order chi connectivity index (χ0) is 14.1. The molecule has 0 bridgehead atoms. The minimum absolute atomic E-state index is 0.0436. The van der Waals surface area contributed by atoms with Gasteiger partial charge in [-0.25, -0.2) is 0 Å². The number of aliphatic hydroxyl groups is 1. The van der Waals surface area contributed by atoms with Crippen LogP contribution in [0.3, 0.4) is 0 Å². The summed E-state index contributed by atoms with van der Waals surface area (Å²) in [4.78, 5) is 5.25. The van der Waals surface area contributed by atoms with Gasteiger partial charge in [0.15, 0.2) is 0 Å². The van der Waals surface area contributed by atoms with Gasteiger partial charge in [-0.1, -0.05) is 6.92 Å². The molecule has 116 valence electrons. The van der Waals surface area contributed by atoms with Crippen molar-refractivity contribution in [1.29, 1.82) is 0 Å². The minimum atomic E-state index is -0.0436. The van der Waals surface area contributed by atoms with Gasteiger partial charge >= 0.3 is 0 Å². The second-order valence-corrected chi connectivity index (χ2v) is 7.74. The zero-order valence-electron chi connectivity index (χ0n) is 13.3. The molecule has 2 aliphatic heterocycles. The molecule has 1 N–H and O–H groups in total. The van der Waals surface area contributed by atoms with Gasteiger partial charge in [0, 0.05) is 19.1 Å². The molecule has 0 aromatic heterocycles. The lowest BCUT2D eigenvalue weighted by Crippen LogP contribution is -2.54. The monoisotopic (exact) mass is 280 g/mol. The summed E-state index contributed by atoms with van der Waals surface area (Å²) < 4.78 is 0. The number of hydrogen-bond acceptors (Lipinski definition) is 3. The lowest BCUT2D eigenvalue weighted by molar-refractivity contribution is -0.00296. The maximum Gasteiger partial charge on any atom is 0.0580 e. The van der Waals surface area contributed by atoms with Crippen LogP contribution in [0.5, 0.6) is 0 Å². The summed E-state index contributed by atoms with van der Waals surface area (Å²) in [6.07, 6.45) is 7.54. The molecule has 20 heavy (non-hydrogen) atoms. The first-order valence-corrected chi connectivity index (χ1v) is 8.74. The molecule has 0 aromatic rings. The van der Waals surface area contributed by atoms with Crippen LogP contribution in [0.25, 0.3) is 0 Å². The van der Waals surface area contributed by atoms with Crippen LogP contribution in [0.1, 0.15) is 45.4 Å². The predicted molar refractivity (Wildman–Crippen MR) is 82.7 cm³/mol. The molecule has 3 nitrogen and oxygen atoms in total. The van der Waals surface area contributed by atoms with Gasteiger partial charge in [-0.05, 0) is 76.4 Å². The largest absolute Gasteiger partial charge is 0.393 e. The third kappa shape index (κ3) is 3.20. The van der Waals surface area contributed by atoms with Crippen LogP contribution in [0, 0.1) is 17.8 Å². The fraction of sp³-hybridized carbons (Fsp3) is 1.00. The van der Waals surface area contributed by atoms with Gasteiger partial charge in [-0.2, -0.15) is 0 Å². The van der Waals surface area contributed by atoms with Crippen LogP contribution in [0.15, 0.2) is 0 Å². The molecule has 3 rings (SSSR count). The van der Waals surface area contributed by atoms with E-state index in [1.54, 1.807) is 0 Å². The van der Waals surface area contributed by atoms with E-state index in [9.17, 15) is 5.11 Å². The van der Waals surface area contributed by atoms with Crippen molar-refractivity contribution >= 4 is 0 Å². The molecular formula is C17H32N2O. The molecule has 2 heterocycles. The molecule has 0 amide bonds. The van der Waals surface area contributed by atoms with Crippen LogP contribution in [-0.2, 0) is 0 Å². The molecule has 3 heteroatoms. The van der Waals surface area contributed by atoms with Crippen LogP contribution in [0.2, 0.25) is 0 Å². The summed E-state index contributed by atoms with van der Waals surface area (Å²) in [6, 6.07) is 0.829. The van der Waals surface area contributed by atoms with Crippen molar-refractivity contribution in [2.45, 2.75) is 57.6 Å². The highest BCUT2D eigenvalue weighted by Crippen LogP contribution is 2.33. The molecule has 3 fully saturated rings. The first-order valence-electron chi connectivity index (χ1n) is 8.74. The van der Waals surface area contributed by atoms with E-state index in [0.29, 0.717) is 5.92 Å². The van der Waals surface area contributed by atoms with E-state index in [2.05, 4.69) is 23.8 Å². The number of piperidine rings is 2. The van der Waals surface area contributed by atoms with Gasteiger partial charge in [-0.15, -0.1) is 0 Å². The molecule has 5 atom stereocenters.